The SMILES string of the molecule is CCNCCS(=O)(=O)N(C)CCCCCO. The van der Waals surface area contributed by atoms with E-state index in [1.54, 1.807) is 7.05 Å². The Balaban J connectivity index is 3.81. The molecule has 0 unspecified atom stereocenters. The fourth-order valence-electron chi connectivity index (χ4n) is 1.30. The summed E-state index contributed by atoms with van der Waals surface area (Å²) in [4.78, 5) is 0. The maximum atomic E-state index is 11.7. The third kappa shape index (κ3) is 7.16. The van der Waals surface area contributed by atoms with Gasteiger partial charge in [0.05, 0.1) is 5.75 Å². The first kappa shape index (κ1) is 15.8. The van der Waals surface area contributed by atoms with Gasteiger partial charge in [-0.15, -0.1) is 0 Å². The number of aliphatic hydroxyl groups is 1. The van der Waals surface area contributed by atoms with E-state index in [-0.39, 0.29) is 12.4 Å². The lowest BCUT2D eigenvalue weighted by atomic mass is 10.2. The zero-order chi connectivity index (χ0) is 12.4. The number of unbranched alkanes of at least 4 members (excludes halogenated alkanes) is 2. The normalized spacial score (nSPS) is 12.2. The van der Waals surface area contributed by atoms with E-state index in [0.717, 1.165) is 25.8 Å². The second kappa shape index (κ2) is 8.92. The first-order chi connectivity index (χ1) is 7.54. The van der Waals surface area contributed by atoms with Crippen LogP contribution in [0.3, 0.4) is 0 Å². The molecule has 6 heteroatoms. The van der Waals surface area contributed by atoms with Crippen LogP contribution in [0.1, 0.15) is 26.2 Å². The summed E-state index contributed by atoms with van der Waals surface area (Å²) in [6, 6.07) is 0. The Morgan fingerprint density at radius 2 is 1.94 bits per heavy atom. The molecule has 0 aromatic rings. The summed E-state index contributed by atoms with van der Waals surface area (Å²) in [6.07, 6.45) is 2.41. The lowest BCUT2D eigenvalue weighted by molar-refractivity contribution is 0.281. The molecule has 0 atom stereocenters. The largest absolute Gasteiger partial charge is 0.396 e. The smallest absolute Gasteiger partial charge is 0.215 e. The molecule has 0 heterocycles. The standard InChI is InChI=1S/C10H24N2O3S/c1-3-11-7-10-16(14,15)12(2)8-5-4-6-9-13/h11,13H,3-10H2,1-2H3. The minimum absolute atomic E-state index is 0.150. The molecule has 0 amide bonds. The van der Waals surface area contributed by atoms with Crippen LogP contribution in [0.4, 0.5) is 0 Å². The van der Waals surface area contributed by atoms with E-state index >= 15 is 0 Å². The van der Waals surface area contributed by atoms with Crippen LogP contribution in [-0.4, -0.2) is 56.9 Å². The molecule has 0 aliphatic carbocycles. The van der Waals surface area contributed by atoms with Crippen molar-refractivity contribution in [1.82, 2.24) is 9.62 Å². The Hall–Kier alpha value is -0.170. The quantitative estimate of drug-likeness (QED) is 0.538. The molecule has 0 aliphatic rings. The molecular formula is C10H24N2O3S. The van der Waals surface area contributed by atoms with Crippen LogP contribution in [0, 0.1) is 0 Å². The zero-order valence-corrected chi connectivity index (χ0v) is 11.1. The number of nitrogens with zero attached hydrogens (tertiary/aromatic N) is 1. The molecule has 0 aliphatic heterocycles. The third-order valence-corrected chi connectivity index (χ3v) is 4.25. The number of nitrogens with one attached hydrogen (secondary N) is 1. The third-order valence-electron chi connectivity index (χ3n) is 2.39. The average molecular weight is 252 g/mol. The first-order valence-corrected chi connectivity index (χ1v) is 7.41. The first-order valence-electron chi connectivity index (χ1n) is 5.80. The molecule has 0 aromatic carbocycles. The Morgan fingerprint density at radius 3 is 2.50 bits per heavy atom. The van der Waals surface area contributed by atoms with Crippen molar-refractivity contribution < 1.29 is 13.5 Å². The van der Waals surface area contributed by atoms with Gasteiger partial charge in [0, 0.05) is 26.7 Å². The average Bonchev–Trinajstić information content (AvgIpc) is 2.24. The molecule has 0 saturated carbocycles. The van der Waals surface area contributed by atoms with Crippen LogP contribution in [0.2, 0.25) is 0 Å². The summed E-state index contributed by atoms with van der Waals surface area (Å²) < 4.78 is 24.8. The molecule has 5 nitrogen and oxygen atoms in total. The second-order valence-electron chi connectivity index (χ2n) is 3.78. The van der Waals surface area contributed by atoms with Crippen LogP contribution in [0.15, 0.2) is 0 Å². The van der Waals surface area contributed by atoms with Crippen molar-refractivity contribution in [2.24, 2.45) is 0 Å². The molecule has 0 rings (SSSR count). The number of aliphatic hydroxyl groups excluding tert-OH is 1. The summed E-state index contributed by atoms with van der Waals surface area (Å²) >= 11 is 0. The summed E-state index contributed by atoms with van der Waals surface area (Å²) in [6.45, 7) is 3.95. The van der Waals surface area contributed by atoms with Crippen molar-refractivity contribution in [3.63, 3.8) is 0 Å². The predicted molar refractivity (Wildman–Crippen MR) is 65.9 cm³/mol. The molecule has 0 bridgehead atoms. The monoisotopic (exact) mass is 252 g/mol. The molecule has 0 spiro atoms. The lowest BCUT2D eigenvalue weighted by Crippen LogP contribution is -2.34. The van der Waals surface area contributed by atoms with Gasteiger partial charge in [0.25, 0.3) is 0 Å². The lowest BCUT2D eigenvalue weighted by Gasteiger charge is -2.16. The van der Waals surface area contributed by atoms with Crippen molar-refractivity contribution in [2.75, 3.05) is 39.0 Å². The van der Waals surface area contributed by atoms with E-state index in [0.29, 0.717) is 13.1 Å². The van der Waals surface area contributed by atoms with E-state index in [1.807, 2.05) is 6.92 Å². The number of rotatable bonds is 10. The number of sulfonamides is 1. The maximum absolute atomic E-state index is 11.7. The van der Waals surface area contributed by atoms with E-state index in [4.69, 9.17) is 5.11 Å². The Bertz CT molecular complexity index is 255. The Labute approximate surface area is 98.9 Å². The fourth-order valence-corrected chi connectivity index (χ4v) is 2.42. The van der Waals surface area contributed by atoms with Crippen LogP contribution in [0.25, 0.3) is 0 Å². The highest BCUT2D eigenvalue weighted by Crippen LogP contribution is 2.02. The van der Waals surface area contributed by atoms with Gasteiger partial charge in [-0.05, 0) is 25.8 Å². The Kier molecular flexibility index (Phi) is 8.83. The van der Waals surface area contributed by atoms with Crippen LogP contribution in [0.5, 0.6) is 0 Å². The van der Waals surface area contributed by atoms with Crippen molar-refractivity contribution >= 4 is 10.0 Å². The van der Waals surface area contributed by atoms with Gasteiger partial charge < -0.3 is 10.4 Å². The van der Waals surface area contributed by atoms with Gasteiger partial charge in [-0.3, -0.25) is 0 Å². The predicted octanol–water partition coefficient (Wildman–Crippen LogP) is 0.0201. The van der Waals surface area contributed by atoms with Gasteiger partial charge in [-0.25, -0.2) is 12.7 Å². The number of hydrogen-bond acceptors (Lipinski definition) is 4. The van der Waals surface area contributed by atoms with E-state index < -0.39 is 10.0 Å². The highest BCUT2D eigenvalue weighted by molar-refractivity contribution is 7.89. The summed E-state index contributed by atoms with van der Waals surface area (Å²) in [5.74, 6) is 0.150. The highest BCUT2D eigenvalue weighted by Gasteiger charge is 2.16. The highest BCUT2D eigenvalue weighted by atomic mass is 32.2. The van der Waals surface area contributed by atoms with Gasteiger partial charge in [0.2, 0.25) is 10.0 Å². The topological polar surface area (TPSA) is 69.6 Å². The van der Waals surface area contributed by atoms with Gasteiger partial charge >= 0.3 is 0 Å². The minimum atomic E-state index is -3.11. The summed E-state index contributed by atoms with van der Waals surface area (Å²) in [5.41, 5.74) is 0. The van der Waals surface area contributed by atoms with Gasteiger partial charge in [-0.1, -0.05) is 6.92 Å². The van der Waals surface area contributed by atoms with Gasteiger partial charge in [0.15, 0.2) is 0 Å². The molecule has 2 N–H and O–H groups in total. The zero-order valence-electron chi connectivity index (χ0n) is 10.3. The molecule has 0 aromatic heterocycles. The van der Waals surface area contributed by atoms with Crippen molar-refractivity contribution in [1.29, 1.82) is 0 Å². The molecule has 0 radical (unpaired) electrons. The van der Waals surface area contributed by atoms with Crippen molar-refractivity contribution in [3.8, 4) is 0 Å². The van der Waals surface area contributed by atoms with Crippen LogP contribution >= 0.6 is 0 Å². The minimum Gasteiger partial charge on any atom is -0.396 e. The molecule has 0 saturated heterocycles. The number of hydrogen-bond donors (Lipinski definition) is 2. The summed E-state index contributed by atoms with van der Waals surface area (Å²) in [7, 11) is -1.50. The van der Waals surface area contributed by atoms with E-state index in [1.165, 1.54) is 4.31 Å². The maximum Gasteiger partial charge on any atom is 0.215 e. The summed E-state index contributed by atoms with van der Waals surface area (Å²) in [5, 5.41) is 11.6. The molecular weight excluding hydrogens is 228 g/mol. The van der Waals surface area contributed by atoms with E-state index in [9.17, 15) is 8.42 Å². The van der Waals surface area contributed by atoms with E-state index in [2.05, 4.69) is 5.32 Å². The van der Waals surface area contributed by atoms with Crippen LogP contribution in [-0.2, 0) is 10.0 Å². The van der Waals surface area contributed by atoms with Crippen molar-refractivity contribution in [3.05, 3.63) is 0 Å². The van der Waals surface area contributed by atoms with Gasteiger partial charge in [-0.2, -0.15) is 0 Å². The fraction of sp³-hybridized carbons (Fsp3) is 1.00. The molecule has 16 heavy (non-hydrogen) atoms. The van der Waals surface area contributed by atoms with Crippen LogP contribution < -0.4 is 5.32 Å². The van der Waals surface area contributed by atoms with Gasteiger partial charge in [0.1, 0.15) is 0 Å². The second-order valence-corrected chi connectivity index (χ2v) is 5.97. The van der Waals surface area contributed by atoms with Crippen molar-refractivity contribution in [2.45, 2.75) is 26.2 Å². The Morgan fingerprint density at radius 1 is 1.25 bits per heavy atom. The molecule has 0 fully saturated rings. The molecule has 98 valence electrons.